The Morgan fingerprint density at radius 2 is 2.29 bits per heavy atom. The molecule has 0 saturated carbocycles. The Hall–Kier alpha value is -2.04. The van der Waals surface area contributed by atoms with Crippen molar-refractivity contribution >= 4 is 5.97 Å². The quantitative estimate of drug-likeness (QED) is 0.788. The van der Waals surface area contributed by atoms with Crippen LogP contribution >= 0.6 is 0 Å². The molecule has 2 heterocycles. The molecule has 14 heavy (non-hydrogen) atoms. The Bertz CT molecular complexity index is 469. The average Bonchev–Trinajstić information content (AvgIpc) is 2.70. The van der Waals surface area contributed by atoms with Crippen LogP contribution in [0.5, 0.6) is 0 Å². The predicted octanol–water partition coefficient (Wildman–Crippen LogP) is 1.94. The van der Waals surface area contributed by atoms with E-state index >= 15 is 0 Å². The van der Waals surface area contributed by atoms with Crippen LogP contribution in [-0.2, 0) is 0 Å². The van der Waals surface area contributed by atoms with Gasteiger partial charge in [-0.2, -0.15) is 0 Å². The van der Waals surface area contributed by atoms with Gasteiger partial charge in [0, 0.05) is 0 Å². The van der Waals surface area contributed by atoms with Crippen molar-refractivity contribution < 1.29 is 18.8 Å². The molecule has 2 aromatic heterocycles. The third kappa shape index (κ3) is 1.28. The lowest BCUT2D eigenvalue weighted by Gasteiger charge is -1.91. The highest BCUT2D eigenvalue weighted by Crippen LogP contribution is 2.25. The summed E-state index contributed by atoms with van der Waals surface area (Å²) >= 11 is 0. The molecular formula is C9H7NO4. The van der Waals surface area contributed by atoms with Crippen LogP contribution in [0.2, 0.25) is 0 Å². The van der Waals surface area contributed by atoms with Gasteiger partial charge in [-0.05, 0) is 19.1 Å². The molecule has 2 rings (SSSR count). The Balaban J connectivity index is 2.51. The second-order valence-electron chi connectivity index (χ2n) is 2.78. The molecule has 0 aromatic carbocycles. The number of aromatic carboxylic acids is 1. The van der Waals surface area contributed by atoms with E-state index in [9.17, 15) is 4.79 Å². The summed E-state index contributed by atoms with van der Waals surface area (Å²) in [6.45, 7) is 1.76. The average molecular weight is 193 g/mol. The van der Waals surface area contributed by atoms with Gasteiger partial charge in [0.25, 0.3) is 0 Å². The van der Waals surface area contributed by atoms with Crippen molar-refractivity contribution in [3.63, 3.8) is 0 Å². The molecule has 72 valence electrons. The fourth-order valence-corrected chi connectivity index (χ4v) is 1.13. The van der Waals surface area contributed by atoms with Crippen LogP contribution in [0.1, 0.15) is 16.1 Å². The van der Waals surface area contributed by atoms with Crippen LogP contribution in [0, 0.1) is 6.92 Å². The first-order valence-electron chi connectivity index (χ1n) is 3.93. The third-order valence-electron chi connectivity index (χ3n) is 1.76. The van der Waals surface area contributed by atoms with Gasteiger partial charge in [-0.3, -0.25) is 0 Å². The summed E-state index contributed by atoms with van der Waals surface area (Å²) in [4.78, 5) is 10.7. The number of hydrogen-bond acceptors (Lipinski definition) is 4. The zero-order chi connectivity index (χ0) is 10.1. The fraction of sp³-hybridized carbons (Fsp3) is 0.111. The van der Waals surface area contributed by atoms with E-state index in [1.807, 2.05) is 0 Å². The fourth-order valence-electron chi connectivity index (χ4n) is 1.13. The first-order chi connectivity index (χ1) is 6.68. The van der Waals surface area contributed by atoms with Crippen LogP contribution in [0.4, 0.5) is 0 Å². The Morgan fingerprint density at radius 3 is 2.86 bits per heavy atom. The van der Waals surface area contributed by atoms with E-state index in [0.29, 0.717) is 11.5 Å². The molecule has 5 nitrogen and oxygen atoms in total. The summed E-state index contributed by atoms with van der Waals surface area (Å²) in [5.74, 6) is 0.117. The van der Waals surface area contributed by atoms with Crippen LogP contribution < -0.4 is 0 Å². The number of aromatic nitrogens is 1. The number of nitrogens with zero attached hydrogens (tertiary/aromatic N) is 1. The van der Waals surface area contributed by atoms with Crippen molar-refractivity contribution in [2.45, 2.75) is 6.92 Å². The number of furan rings is 1. The van der Waals surface area contributed by atoms with Crippen molar-refractivity contribution in [1.82, 2.24) is 5.16 Å². The Labute approximate surface area is 78.9 Å². The maximum absolute atomic E-state index is 10.7. The van der Waals surface area contributed by atoms with E-state index in [4.69, 9.17) is 14.0 Å². The van der Waals surface area contributed by atoms with E-state index in [1.165, 1.54) is 0 Å². The van der Waals surface area contributed by atoms with Crippen LogP contribution in [0.25, 0.3) is 11.5 Å². The zero-order valence-corrected chi connectivity index (χ0v) is 7.35. The van der Waals surface area contributed by atoms with Gasteiger partial charge in [0.1, 0.15) is 11.3 Å². The number of carboxylic acids is 1. The van der Waals surface area contributed by atoms with Gasteiger partial charge in [-0.15, -0.1) is 0 Å². The summed E-state index contributed by atoms with van der Waals surface area (Å²) in [7, 11) is 0. The molecule has 0 spiro atoms. The Kier molecular flexibility index (Phi) is 1.85. The summed E-state index contributed by atoms with van der Waals surface area (Å²) in [6, 6.07) is 3.37. The van der Waals surface area contributed by atoms with E-state index < -0.39 is 5.97 Å². The molecule has 0 aliphatic carbocycles. The van der Waals surface area contributed by atoms with E-state index in [0.717, 1.165) is 6.20 Å². The second kappa shape index (κ2) is 3.02. The van der Waals surface area contributed by atoms with Crippen molar-refractivity contribution in [3.05, 3.63) is 29.7 Å². The number of rotatable bonds is 2. The molecule has 0 bridgehead atoms. The minimum Gasteiger partial charge on any atom is -0.477 e. The number of carbonyl (C=O) groups is 1. The van der Waals surface area contributed by atoms with Crippen molar-refractivity contribution in [2.75, 3.05) is 0 Å². The van der Waals surface area contributed by atoms with E-state index in [-0.39, 0.29) is 11.3 Å². The standard InChI is InChI=1S/C9H7NO4/c1-5-2-3-7(13-5)8-6(9(11)12)4-10-14-8/h2-4H,1H3,(H,11,12). The van der Waals surface area contributed by atoms with Crippen molar-refractivity contribution in [2.24, 2.45) is 0 Å². The molecule has 0 aliphatic rings. The SMILES string of the molecule is Cc1ccc(-c2oncc2C(=O)O)o1. The molecule has 5 heteroatoms. The summed E-state index contributed by atoms with van der Waals surface area (Å²) in [5.41, 5.74) is -0.000602. The normalized spacial score (nSPS) is 10.4. The van der Waals surface area contributed by atoms with E-state index in [2.05, 4.69) is 5.16 Å². The monoisotopic (exact) mass is 193 g/mol. The van der Waals surface area contributed by atoms with Gasteiger partial charge in [-0.1, -0.05) is 5.16 Å². The first kappa shape index (κ1) is 8.55. The molecule has 0 radical (unpaired) electrons. The lowest BCUT2D eigenvalue weighted by molar-refractivity contribution is 0.0697. The molecule has 0 fully saturated rings. The summed E-state index contributed by atoms with van der Waals surface area (Å²) in [5, 5.41) is 12.2. The van der Waals surface area contributed by atoms with Gasteiger partial charge in [0.2, 0.25) is 5.76 Å². The summed E-state index contributed by atoms with van der Waals surface area (Å²) in [6.07, 6.45) is 1.15. The van der Waals surface area contributed by atoms with Gasteiger partial charge in [-0.25, -0.2) is 4.79 Å². The number of hydrogen-bond donors (Lipinski definition) is 1. The zero-order valence-electron chi connectivity index (χ0n) is 7.35. The minimum atomic E-state index is -1.09. The number of aryl methyl sites for hydroxylation is 1. The highest BCUT2D eigenvalue weighted by atomic mass is 16.5. The van der Waals surface area contributed by atoms with Crippen LogP contribution in [-0.4, -0.2) is 16.2 Å². The molecule has 0 saturated heterocycles. The first-order valence-corrected chi connectivity index (χ1v) is 3.93. The second-order valence-corrected chi connectivity index (χ2v) is 2.78. The van der Waals surface area contributed by atoms with Gasteiger partial charge in [0.05, 0.1) is 6.20 Å². The number of carboxylic acid groups (broad SMARTS) is 1. The predicted molar refractivity (Wildman–Crippen MR) is 45.9 cm³/mol. The third-order valence-corrected chi connectivity index (χ3v) is 1.76. The molecule has 1 N–H and O–H groups in total. The molecule has 0 unspecified atom stereocenters. The van der Waals surface area contributed by atoms with Gasteiger partial charge >= 0.3 is 5.97 Å². The topological polar surface area (TPSA) is 76.5 Å². The maximum Gasteiger partial charge on any atom is 0.341 e. The van der Waals surface area contributed by atoms with Crippen LogP contribution in [0.3, 0.4) is 0 Å². The van der Waals surface area contributed by atoms with Crippen molar-refractivity contribution in [3.8, 4) is 11.5 Å². The lowest BCUT2D eigenvalue weighted by Crippen LogP contribution is -1.95. The highest BCUT2D eigenvalue weighted by Gasteiger charge is 2.19. The molecule has 0 amide bonds. The Morgan fingerprint density at radius 1 is 1.50 bits per heavy atom. The van der Waals surface area contributed by atoms with Gasteiger partial charge < -0.3 is 14.0 Å². The molecular weight excluding hydrogens is 186 g/mol. The largest absolute Gasteiger partial charge is 0.477 e. The van der Waals surface area contributed by atoms with Gasteiger partial charge in [0.15, 0.2) is 5.76 Å². The minimum absolute atomic E-state index is 0.000602. The summed E-state index contributed by atoms with van der Waals surface area (Å²) < 4.78 is 10.0. The maximum atomic E-state index is 10.7. The molecule has 2 aromatic rings. The van der Waals surface area contributed by atoms with Crippen LogP contribution in [0.15, 0.2) is 27.3 Å². The van der Waals surface area contributed by atoms with E-state index in [1.54, 1.807) is 19.1 Å². The van der Waals surface area contributed by atoms with Crippen molar-refractivity contribution in [1.29, 1.82) is 0 Å². The highest BCUT2D eigenvalue weighted by molar-refractivity contribution is 5.93. The lowest BCUT2D eigenvalue weighted by atomic mass is 10.2. The smallest absolute Gasteiger partial charge is 0.341 e. The molecule has 0 aliphatic heterocycles. The molecule has 0 atom stereocenters.